The Morgan fingerprint density at radius 2 is 1.06 bits per heavy atom. The Labute approximate surface area is 523 Å². The molecule has 0 aliphatic carbocycles. The molecule has 13 atom stereocenters. The van der Waals surface area contributed by atoms with Crippen LogP contribution in [0, 0.1) is 11.8 Å². The molecule has 6 aromatic carbocycles. The smallest absolute Gasteiger partial charge is 0.407 e. The zero-order valence-corrected chi connectivity index (χ0v) is 52.6. The molecular weight excluding hydrogens is 1150 g/mol. The third kappa shape index (κ3) is 18.6. The average molecular weight is 1240 g/mol. The molecule has 0 bridgehead atoms. The third-order valence-electron chi connectivity index (χ3n) is 17.1. The molecule has 6 aromatic rings. The summed E-state index contributed by atoms with van der Waals surface area (Å²) < 4.78 is 73.6. The molecule has 3 saturated heterocycles. The van der Waals surface area contributed by atoms with Crippen molar-refractivity contribution in [1.82, 2.24) is 10.2 Å². The van der Waals surface area contributed by atoms with Crippen molar-refractivity contribution in [3.05, 3.63) is 226 Å². The van der Waals surface area contributed by atoms with E-state index in [0.717, 1.165) is 33.4 Å². The lowest BCUT2D eigenvalue weighted by Crippen LogP contribution is -2.67. The van der Waals surface area contributed by atoms with Crippen LogP contribution in [0.3, 0.4) is 0 Å². The minimum Gasteiger partial charge on any atom is -0.460 e. The van der Waals surface area contributed by atoms with Crippen molar-refractivity contribution >= 4 is 20.4 Å². The van der Waals surface area contributed by atoms with Crippen LogP contribution in [0.2, 0.25) is 18.1 Å². The maximum Gasteiger partial charge on any atom is 0.407 e. The van der Waals surface area contributed by atoms with Crippen LogP contribution in [-0.2, 0) is 96.2 Å². The molecule has 9 rings (SSSR count). The van der Waals surface area contributed by atoms with Crippen LogP contribution in [-0.4, -0.2) is 138 Å². The van der Waals surface area contributed by atoms with Gasteiger partial charge in [-0.15, -0.1) is 0 Å². The molecule has 19 nitrogen and oxygen atoms in total. The molecule has 3 fully saturated rings. The van der Waals surface area contributed by atoms with E-state index in [1.54, 1.807) is 0 Å². The highest BCUT2D eigenvalue weighted by Crippen LogP contribution is 2.40. The van der Waals surface area contributed by atoms with Gasteiger partial charge in [-0.2, -0.15) is 0 Å². The molecule has 0 radical (unpaired) electrons. The second kappa shape index (κ2) is 32.8. The summed E-state index contributed by atoms with van der Waals surface area (Å²) in [5, 5.41) is 18.5. The van der Waals surface area contributed by atoms with Crippen LogP contribution in [0.4, 0.5) is 4.79 Å². The van der Waals surface area contributed by atoms with Crippen molar-refractivity contribution in [2.75, 3.05) is 40.0 Å². The molecule has 0 saturated carbocycles. The molecule has 1 amide bonds. The van der Waals surface area contributed by atoms with E-state index in [4.69, 9.17) is 51.8 Å². The van der Waals surface area contributed by atoms with Gasteiger partial charge in [0.05, 0.1) is 63.9 Å². The number of hydrogen-bond donors (Lipinski definition) is 2. The fourth-order valence-electron chi connectivity index (χ4n) is 11.2. The highest BCUT2D eigenvalue weighted by molar-refractivity contribution is 6.74. The number of aliphatic hydroxyl groups is 1. The van der Waals surface area contributed by atoms with Crippen molar-refractivity contribution < 1.29 is 66.5 Å². The van der Waals surface area contributed by atoms with Crippen LogP contribution in [0.15, 0.2) is 187 Å². The Bertz CT molecular complexity index is 3120. The Morgan fingerprint density at radius 3 is 1.53 bits per heavy atom. The van der Waals surface area contributed by atoms with Gasteiger partial charge in [-0.05, 0) is 57.0 Å². The molecule has 0 unspecified atom stereocenters. The summed E-state index contributed by atoms with van der Waals surface area (Å²) in [7, 11) is -0.911. The number of carbonyl (C=O) groups excluding carboxylic acids is 2. The lowest BCUT2D eigenvalue weighted by molar-refractivity contribution is -0.309. The predicted octanol–water partition coefficient (Wildman–Crippen LogP) is 11.1. The SMILES string of the molecule is CO[C@H]1O[C@H](CO[Si](C)(C)C(C)(C)C)[C@@H](CN2C[C@H](C(=O)OCc3ccccc3)[C@@H](O[C@H]3O[C@H](CO)[C@@H](OCc4ccccc4)[C@H](OCc4ccccc4)[C@H]3N=[N+]=[N-])[C@H](OCc3ccccc3)C2)[C@H](OCc2ccccc2)[C@H]1NC(=O)OCc1ccccc1. The zero-order chi connectivity index (χ0) is 62.6. The number of ether oxygens (including phenoxy) is 10. The maximum atomic E-state index is 15.4. The van der Waals surface area contributed by atoms with Gasteiger partial charge < -0.3 is 62.2 Å². The predicted molar refractivity (Wildman–Crippen MR) is 336 cm³/mol. The number of azide groups is 1. The van der Waals surface area contributed by atoms with Crippen LogP contribution in [0.1, 0.15) is 54.2 Å². The zero-order valence-electron chi connectivity index (χ0n) is 51.6. The summed E-state index contributed by atoms with van der Waals surface area (Å²) in [5.41, 5.74) is 15.4. The number of likely N-dealkylation sites (tertiary alicyclic amines) is 1. The quantitative estimate of drug-likeness (QED) is 0.0153. The van der Waals surface area contributed by atoms with Crippen molar-refractivity contribution in [3.63, 3.8) is 0 Å². The summed E-state index contributed by atoms with van der Waals surface area (Å²) in [4.78, 5) is 34.9. The molecule has 3 aliphatic heterocycles. The van der Waals surface area contributed by atoms with Crippen LogP contribution in [0.25, 0.3) is 10.4 Å². The average Bonchev–Trinajstić information content (AvgIpc) is 0.957. The highest BCUT2D eigenvalue weighted by Gasteiger charge is 2.54. The van der Waals surface area contributed by atoms with E-state index in [1.165, 1.54) is 7.11 Å². The Morgan fingerprint density at radius 1 is 0.607 bits per heavy atom. The Balaban J connectivity index is 1.10. The number of nitrogens with one attached hydrogen (secondary N) is 1. The summed E-state index contributed by atoms with van der Waals surface area (Å²) in [5.74, 6) is -2.28. The van der Waals surface area contributed by atoms with Crippen LogP contribution in [0.5, 0.6) is 0 Å². The second-order valence-electron chi connectivity index (χ2n) is 24.3. The van der Waals surface area contributed by atoms with Crippen molar-refractivity contribution in [2.45, 2.75) is 146 Å². The van der Waals surface area contributed by atoms with Gasteiger partial charge in [0.1, 0.15) is 49.7 Å². The first-order chi connectivity index (χ1) is 43.2. The number of amides is 1. The largest absolute Gasteiger partial charge is 0.460 e. The first-order valence-electron chi connectivity index (χ1n) is 30.5. The Kier molecular flexibility index (Phi) is 24.5. The maximum absolute atomic E-state index is 15.4. The summed E-state index contributed by atoms with van der Waals surface area (Å²) in [6.07, 6.45) is -9.72. The number of benzene rings is 6. The van der Waals surface area contributed by atoms with E-state index in [0.29, 0.717) is 0 Å². The van der Waals surface area contributed by atoms with E-state index in [-0.39, 0.29) is 70.9 Å². The van der Waals surface area contributed by atoms with Crippen molar-refractivity contribution in [2.24, 2.45) is 17.0 Å². The fraction of sp³-hybridized carbons (Fsp3) is 0.449. The molecule has 89 heavy (non-hydrogen) atoms. The molecule has 474 valence electrons. The van der Waals surface area contributed by atoms with Gasteiger partial charge in [0, 0.05) is 37.6 Å². The second-order valence-corrected chi connectivity index (χ2v) is 29.1. The van der Waals surface area contributed by atoms with Crippen molar-refractivity contribution in [3.8, 4) is 0 Å². The summed E-state index contributed by atoms with van der Waals surface area (Å²) >= 11 is 0. The van der Waals surface area contributed by atoms with E-state index in [2.05, 4.69) is 54.1 Å². The highest BCUT2D eigenvalue weighted by atomic mass is 28.4. The molecule has 3 heterocycles. The number of piperidine rings is 1. The van der Waals surface area contributed by atoms with E-state index >= 15 is 4.79 Å². The number of carbonyl (C=O) groups is 2. The van der Waals surface area contributed by atoms with Gasteiger partial charge in [-0.1, -0.05) is 208 Å². The lowest BCUT2D eigenvalue weighted by Gasteiger charge is -2.51. The number of alkyl carbamates (subject to hydrolysis) is 1. The Hall–Kier alpha value is -6.85. The number of esters is 1. The van der Waals surface area contributed by atoms with Gasteiger partial charge >= 0.3 is 12.1 Å². The first-order valence-corrected chi connectivity index (χ1v) is 33.4. The number of aliphatic hydroxyl groups excluding tert-OH is 1. The summed E-state index contributed by atoms with van der Waals surface area (Å²) in [6, 6.07) is 55.2. The minimum atomic E-state index is -2.44. The van der Waals surface area contributed by atoms with E-state index in [1.807, 2.05) is 182 Å². The van der Waals surface area contributed by atoms with E-state index in [9.17, 15) is 15.4 Å². The van der Waals surface area contributed by atoms with E-state index < -0.39 is 106 Å². The third-order valence-corrected chi connectivity index (χ3v) is 21.6. The van der Waals surface area contributed by atoms with Crippen molar-refractivity contribution in [1.29, 1.82) is 0 Å². The summed E-state index contributed by atoms with van der Waals surface area (Å²) in [6.45, 7) is 11.4. The molecule has 2 N–H and O–H groups in total. The standard InChI is InChI=1S/C69H85N5O14Si/c1-69(2,3)89(5,6)85-47-58-54(62(80-42-49-27-15-8-16-28-49)59(66(78-4)87-58)71-68(77)84-46-53-35-23-12-24-36-53)37-74-38-55(65(76)83-45-52-33-21-11-22-34-52)61(56(39-74)79-41-48-25-13-7-14-26-48)88-67-60(72-73-70)64(82-44-51-31-19-10-20-32-51)63(57(40-75)86-67)81-43-50-29-17-9-18-30-50/h7-36,54-64,66-67,75H,37-47H2,1-6H3,(H,71,77)/t54-,55+,56-,57-,58-,59-,60-,61-,62+,63-,64-,66+,67-/m1/s1. The van der Waals surface area contributed by atoms with Crippen LogP contribution >= 0.6 is 0 Å². The van der Waals surface area contributed by atoms with Gasteiger partial charge in [-0.25, -0.2) is 4.79 Å². The first kappa shape index (κ1) is 66.6. The topological polar surface area (TPSA) is 220 Å². The van der Waals surface area contributed by atoms with Gasteiger partial charge in [0.25, 0.3) is 0 Å². The molecule has 0 aromatic heterocycles. The molecular formula is C69H85N5O14Si. The monoisotopic (exact) mass is 1240 g/mol. The normalized spacial score (nSPS) is 25.7. The minimum absolute atomic E-state index is 0.0170. The fourth-order valence-corrected chi connectivity index (χ4v) is 12.2. The van der Waals surface area contributed by atoms with Crippen LogP contribution < -0.4 is 5.32 Å². The molecule has 20 heteroatoms. The van der Waals surface area contributed by atoms with Gasteiger partial charge in [0.2, 0.25) is 0 Å². The van der Waals surface area contributed by atoms with Gasteiger partial charge in [0.15, 0.2) is 20.9 Å². The number of methoxy groups -OCH3 is 1. The number of hydrogen-bond acceptors (Lipinski definition) is 16. The lowest BCUT2D eigenvalue weighted by atomic mass is 9.85. The number of nitrogens with zero attached hydrogens (tertiary/aromatic N) is 4. The molecule has 0 spiro atoms. The number of rotatable bonds is 28. The van der Waals surface area contributed by atoms with Gasteiger partial charge in [-0.3, -0.25) is 9.69 Å². The molecule has 3 aliphatic rings.